The zero-order valence-electron chi connectivity index (χ0n) is 13.9. The van der Waals surface area contributed by atoms with Gasteiger partial charge in [-0.3, -0.25) is 14.4 Å². The number of pyridine rings is 1. The summed E-state index contributed by atoms with van der Waals surface area (Å²) in [6, 6.07) is 7.70. The summed E-state index contributed by atoms with van der Waals surface area (Å²) in [5, 5.41) is 2.73. The van der Waals surface area contributed by atoms with E-state index in [9.17, 15) is 27.6 Å². The summed E-state index contributed by atoms with van der Waals surface area (Å²) in [5.41, 5.74) is -1.59. The molecule has 2 aromatic rings. The molecule has 0 aliphatic rings. The molecule has 1 aromatic carbocycles. The van der Waals surface area contributed by atoms with Crippen molar-refractivity contribution < 1.29 is 27.5 Å². The van der Waals surface area contributed by atoms with Gasteiger partial charge in [0.05, 0.1) is 16.3 Å². The van der Waals surface area contributed by atoms with Crippen LogP contribution in [0.4, 0.5) is 18.9 Å². The van der Waals surface area contributed by atoms with E-state index in [0.29, 0.717) is 28.6 Å². The molecular formula is C17H14ClF3N2O4. The monoisotopic (exact) mass is 402 g/mol. The van der Waals surface area contributed by atoms with Gasteiger partial charge in [-0.15, -0.1) is 0 Å². The lowest BCUT2D eigenvalue weighted by molar-refractivity contribution is -0.154. The topological polar surface area (TPSA) is 77.4 Å². The van der Waals surface area contributed by atoms with E-state index in [1.165, 1.54) is 13.0 Å². The van der Waals surface area contributed by atoms with E-state index < -0.39 is 41.8 Å². The van der Waals surface area contributed by atoms with E-state index >= 15 is 0 Å². The zero-order valence-corrected chi connectivity index (χ0v) is 14.7. The van der Waals surface area contributed by atoms with Crippen LogP contribution in [0.3, 0.4) is 0 Å². The van der Waals surface area contributed by atoms with Crippen LogP contribution >= 0.6 is 11.6 Å². The fraction of sp³-hybridized carbons (Fsp3) is 0.235. The summed E-state index contributed by atoms with van der Waals surface area (Å²) < 4.78 is 43.5. The average molecular weight is 403 g/mol. The standard InChI is InChI=1S/C17H14ClF3N2O4/c1-10(16(26)22-13-5-3-2-4-12(13)18)27-15(25)9-23-8-11(17(19,20)21)6-7-14(23)24/h2-8,10H,9H2,1H3,(H,22,26). The molecule has 0 saturated carbocycles. The number of esters is 1. The van der Waals surface area contributed by atoms with Crippen molar-refractivity contribution in [2.75, 3.05) is 5.32 Å². The molecule has 1 amide bonds. The van der Waals surface area contributed by atoms with Crippen molar-refractivity contribution in [2.45, 2.75) is 25.7 Å². The molecule has 1 atom stereocenters. The molecule has 27 heavy (non-hydrogen) atoms. The number of hydrogen-bond donors (Lipinski definition) is 1. The number of alkyl halides is 3. The molecule has 0 aliphatic carbocycles. The van der Waals surface area contributed by atoms with Crippen molar-refractivity contribution in [3.8, 4) is 0 Å². The highest BCUT2D eigenvalue weighted by Gasteiger charge is 2.31. The average Bonchev–Trinajstić information content (AvgIpc) is 2.57. The molecule has 0 spiro atoms. The summed E-state index contributed by atoms with van der Waals surface area (Å²) in [5.74, 6) is -1.73. The zero-order chi connectivity index (χ0) is 20.2. The third-order valence-corrected chi connectivity index (χ3v) is 3.75. The lowest BCUT2D eigenvalue weighted by atomic mass is 10.2. The highest BCUT2D eigenvalue weighted by molar-refractivity contribution is 6.33. The summed E-state index contributed by atoms with van der Waals surface area (Å²) in [6.45, 7) is 0.505. The molecule has 0 bridgehead atoms. The summed E-state index contributed by atoms with van der Waals surface area (Å²) in [7, 11) is 0. The number of ether oxygens (including phenoxy) is 1. The Bertz CT molecular complexity index is 912. The van der Waals surface area contributed by atoms with Gasteiger partial charge in [0, 0.05) is 12.3 Å². The Labute approximate surface area is 156 Å². The quantitative estimate of drug-likeness (QED) is 0.780. The number of carbonyl (C=O) groups is 2. The number of anilines is 1. The molecule has 1 aromatic heterocycles. The minimum absolute atomic E-state index is 0.278. The van der Waals surface area contributed by atoms with E-state index in [4.69, 9.17) is 16.3 Å². The lowest BCUT2D eigenvalue weighted by Gasteiger charge is -2.15. The maximum Gasteiger partial charge on any atom is 0.417 e. The third-order valence-electron chi connectivity index (χ3n) is 3.42. The van der Waals surface area contributed by atoms with Crippen molar-refractivity contribution in [3.63, 3.8) is 0 Å². The molecule has 10 heteroatoms. The predicted molar refractivity (Wildman–Crippen MR) is 91.3 cm³/mol. The fourth-order valence-corrected chi connectivity index (χ4v) is 2.23. The normalized spacial score (nSPS) is 12.3. The number of benzene rings is 1. The number of carbonyl (C=O) groups excluding carboxylic acids is 2. The maximum absolute atomic E-state index is 12.7. The lowest BCUT2D eigenvalue weighted by Crippen LogP contribution is -2.33. The number of aromatic nitrogens is 1. The van der Waals surface area contributed by atoms with Crippen LogP contribution < -0.4 is 10.9 Å². The van der Waals surface area contributed by atoms with Crippen molar-refractivity contribution in [3.05, 3.63) is 63.5 Å². The second-order valence-electron chi connectivity index (χ2n) is 5.48. The number of rotatable bonds is 5. The van der Waals surface area contributed by atoms with Crippen LogP contribution in [0.1, 0.15) is 12.5 Å². The number of halogens is 4. The summed E-state index contributed by atoms with van der Waals surface area (Å²) >= 11 is 5.90. The van der Waals surface area contributed by atoms with E-state index in [2.05, 4.69) is 5.32 Å². The molecule has 0 aliphatic heterocycles. The third kappa shape index (κ3) is 5.58. The molecule has 1 N–H and O–H groups in total. The van der Waals surface area contributed by atoms with Crippen molar-refractivity contribution in [2.24, 2.45) is 0 Å². The second kappa shape index (κ2) is 8.26. The largest absolute Gasteiger partial charge is 0.451 e. The van der Waals surface area contributed by atoms with Crippen molar-refractivity contribution >= 4 is 29.2 Å². The van der Waals surface area contributed by atoms with Crippen LogP contribution in [-0.2, 0) is 27.0 Å². The van der Waals surface area contributed by atoms with Crippen LogP contribution in [0.25, 0.3) is 0 Å². The number of hydrogen-bond acceptors (Lipinski definition) is 4. The van der Waals surface area contributed by atoms with Gasteiger partial charge in [0.25, 0.3) is 11.5 Å². The van der Waals surface area contributed by atoms with E-state index in [1.54, 1.807) is 18.2 Å². The smallest absolute Gasteiger partial charge is 0.417 e. The summed E-state index contributed by atoms with van der Waals surface area (Å²) in [4.78, 5) is 35.6. The molecule has 144 valence electrons. The van der Waals surface area contributed by atoms with Crippen LogP contribution in [0, 0.1) is 0 Å². The molecule has 6 nitrogen and oxygen atoms in total. The van der Waals surface area contributed by atoms with Crippen LogP contribution in [-0.4, -0.2) is 22.5 Å². The Kier molecular flexibility index (Phi) is 6.27. The molecule has 0 radical (unpaired) electrons. The van der Waals surface area contributed by atoms with Gasteiger partial charge in [0.15, 0.2) is 6.10 Å². The van der Waals surface area contributed by atoms with Crippen LogP contribution in [0.2, 0.25) is 5.02 Å². The summed E-state index contributed by atoms with van der Waals surface area (Å²) in [6.07, 6.45) is -5.41. The molecule has 1 heterocycles. The van der Waals surface area contributed by atoms with Gasteiger partial charge >= 0.3 is 12.1 Å². The first-order chi connectivity index (χ1) is 12.6. The van der Waals surface area contributed by atoms with E-state index in [1.807, 2.05) is 0 Å². The Morgan fingerprint density at radius 3 is 2.52 bits per heavy atom. The first kappa shape index (κ1) is 20.5. The SMILES string of the molecule is CC(OC(=O)Cn1cc(C(F)(F)F)ccc1=O)C(=O)Nc1ccccc1Cl. The maximum atomic E-state index is 12.7. The minimum atomic E-state index is -4.67. The van der Waals surface area contributed by atoms with Crippen LogP contribution in [0.5, 0.6) is 0 Å². The number of nitrogens with one attached hydrogen (secondary N) is 1. The molecule has 0 fully saturated rings. The van der Waals surface area contributed by atoms with Gasteiger partial charge in [-0.2, -0.15) is 13.2 Å². The Balaban J connectivity index is 2.02. The highest BCUT2D eigenvalue weighted by Crippen LogP contribution is 2.28. The van der Waals surface area contributed by atoms with Gasteiger partial charge in [0.2, 0.25) is 0 Å². The van der Waals surface area contributed by atoms with Gasteiger partial charge in [-0.1, -0.05) is 23.7 Å². The Hall–Kier alpha value is -2.81. The van der Waals surface area contributed by atoms with Gasteiger partial charge in [0.1, 0.15) is 6.54 Å². The van der Waals surface area contributed by atoms with Gasteiger partial charge in [-0.05, 0) is 25.1 Å². The van der Waals surface area contributed by atoms with Gasteiger partial charge < -0.3 is 14.6 Å². The molecular weight excluding hydrogens is 389 g/mol. The molecule has 0 saturated heterocycles. The first-order valence-corrected chi connectivity index (χ1v) is 7.98. The Morgan fingerprint density at radius 2 is 1.89 bits per heavy atom. The van der Waals surface area contributed by atoms with Crippen LogP contribution in [0.15, 0.2) is 47.4 Å². The first-order valence-electron chi connectivity index (χ1n) is 7.60. The van der Waals surface area contributed by atoms with Crippen molar-refractivity contribution in [1.29, 1.82) is 0 Å². The number of amides is 1. The predicted octanol–water partition coefficient (Wildman–Crippen LogP) is 3.09. The van der Waals surface area contributed by atoms with Crippen molar-refractivity contribution in [1.82, 2.24) is 4.57 Å². The minimum Gasteiger partial charge on any atom is -0.451 e. The van der Waals surface area contributed by atoms with E-state index in [-0.39, 0.29) is 5.02 Å². The number of para-hydroxylation sites is 1. The van der Waals surface area contributed by atoms with Gasteiger partial charge in [-0.25, -0.2) is 0 Å². The second-order valence-corrected chi connectivity index (χ2v) is 5.89. The molecule has 1 unspecified atom stereocenters. The fourth-order valence-electron chi connectivity index (χ4n) is 2.05. The molecule has 2 rings (SSSR count). The highest BCUT2D eigenvalue weighted by atomic mass is 35.5. The Morgan fingerprint density at radius 1 is 1.22 bits per heavy atom. The van der Waals surface area contributed by atoms with E-state index in [0.717, 1.165) is 0 Å². The number of nitrogens with zero attached hydrogens (tertiary/aromatic N) is 1.